The number of carbonyl (C=O) groups is 4. The molecule has 0 aliphatic carbocycles. The molecule has 0 aliphatic heterocycles. The molecule has 2 aromatic rings. The number of nitrogens with two attached hydrogens (primary N) is 3. The average molecular weight is 569 g/mol. The molecule has 0 saturated carbocycles. The largest absolute Gasteiger partial charge is 0.480 e. The molecule has 0 bridgehead atoms. The third kappa shape index (κ3) is 12.5. The van der Waals surface area contributed by atoms with Crippen molar-refractivity contribution in [2.45, 2.75) is 75.5 Å². The second kappa shape index (κ2) is 18.5. The smallest absolute Gasteiger partial charge is 0.326 e. The highest BCUT2D eigenvalue weighted by atomic mass is 16.4. The lowest BCUT2D eigenvalue weighted by Crippen LogP contribution is -2.57. The van der Waals surface area contributed by atoms with E-state index in [2.05, 4.69) is 16.0 Å². The predicted octanol–water partition coefficient (Wildman–Crippen LogP) is 0.596. The quantitative estimate of drug-likeness (QED) is 0.119. The lowest BCUT2D eigenvalue weighted by atomic mass is 10.0. The van der Waals surface area contributed by atoms with Gasteiger partial charge in [0.15, 0.2) is 0 Å². The maximum Gasteiger partial charge on any atom is 0.326 e. The van der Waals surface area contributed by atoms with Crippen LogP contribution >= 0.6 is 0 Å². The maximum absolute atomic E-state index is 13.5. The van der Waals surface area contributed by atoms with Crippen molar-refractivity contribution in [1.82, 2.24) is 16.0 Å². The number of aliphatic carboxylic acids is 1. The molecule has 224 valence electrons. The van der Waals surface area contributed by atoms with E-state index in [1.807, 2.05) is 60.7 Å². The Morgan fingerprint density at radius 3 is 1.56 bits per heavy atom. The molecule has 0 heterocycles. The molecule has 4 unspecified atom stereocenters. The fourth-order valence-corrected chi connectivity index (χ4v) is 4.35. The van der Waals surface area contributed by atoms with E-state index in [1.54, 1.807) is 0 Å². The van der Waals surface area contributed by atoms with Crippen LogP contribution in [0.25, 0.3) is 0 Å². The SMILES string of the molecule is NCCCCC(NC(=O)C(Cc1ccccc1)NC(=O)C(CCCCN)NC(=O)C(N)Cc1ccccc1)C(=O)O. The van der Waals surface area contributed by atoms with E-state index >= 15 is 0 Å². The summed E-state index contributed by atoms with van der Waals surface area (Å²) in [5.41, 5.74) is 19.0. The highest BCUT2D eigenvalue weighted by Crippen LogP contribution is 2.09. The van der Waals surface area contributed by atoms with Crippen LogP contribution in [-0.4, -0.2) is 66.1 Å². The highest BCUT2D eigenvalue weighted by molar-refractivity contribution is 5.94. The molecule has 2 rings (SSSR count). The normalized spacial score (nSPS) is 13.8. The molecular formula is C30H44N6O5. The first-order valence-corrected chi connectivity index (χ1v) is 14.1. The van der Waals surface area contributed by atoms with E-state index in [0.717, 1.165) is 11.1 Å². The van der Waals surface area contributed by atoms with Crippen molar-refractivity contribution in [2.24, 2.45) is 17.2 Å². The summed E-state index contributed by atoms with van der Waals surface area (Å²) in [7, 11) is 0. The van der Waals surface area contributed by atoms with Gasteiger partial charge >= 0.3 is 5.97 Å². The zero-order valence-corrected chi connectivity index (χ0v) is 23.5. The fourth-order valence-electron chi connectivity index (χ4n) is 4.35. The Balaban J connectivity index is 2.18. The minimum atomic E-state index is -1.17. The van der Waals surface area contributed by atoms with Gasteiger partial charge in [0.25, 0.3) is 0 Å². The zero-order chi connectivity index (χ0) is 30.0. The number of unbranched alkanes of at least 4 members (excludes halogenated alkanes) is 2. The predicted molar refractivity (Wildman–Crippen MR) is 158 cm³/mol. The Morgan fingerprint density at radius 2 is 1.05 bits per heavy atom. The number of carboxylic acids is 1. The van der Waals surface area contributed by atoms with E-state index < -0.39 is 47.9 Å². The van der Waals surface area contributed by atoms with Crippen LogP contribution in [0.5, 0.6) is 0 Å². The molecular weight excluding hydrogens is 524 g/mol. The topological polar surface area (TPSA) is 203 Å². The van der Waals surface area contributed by atoms with E-state index in [4.69, 9.17) is 17.2 Å². The standard InChI is InChI=1S/C30H44N6O5/c31-17-9-7-15-24(34-27(37)23(33)19-21-11-3-1-4-12-21)28(38)36-26(20-22-13-5-2-6-14-22)29(39)35-25(30(40)41)16-8-10-18-32/h1-6,11-14,23-26H,7-10,15-20,31-33H2,(H,34,37)(H,35,39)(H,36,38)(H,40,41). The van der Waals surface area contributed by atoms with Crippen LogP contribution in [0.15, 0.2) is 60.7 Å². The van der Waals surface area contributed by atoms with Gasteiger partial charge < -0.3 is 38.3 Å². The van der Waals surface area contributed by atoms with E-state index in [-0.39, 0.29) is 12.8 Å². The monoisotopic (exact) mass is 568 g/mol. The van der Waals surface area contributed by atoms with Gasteiger partial charge in [-0.2, -0.15) is 0 Å². The van der Waals surface area contributed by atoms with Crippen molar-refractivity contribution < 1.29 is 24.3 Å². The van der Waals surface area contributed by atoms with Crippen LogP contribution in [0, 0.1) is 0 Å². The van der Waals surface area contributed by atoms with Gasteiger partial charge in [-0.1, -0.05) is 60.7 Å². The van der Waals surface area contributed by atoms with Crippen LogP contribution < -0.4 is 33.2 Å². The lowest BCUT2D eigenvalue weighted by molar-refractivity contribution is -0.142. The Morgan fingerprint density at radius 1 is 0.610 bits per heavy atom. The van der Waals surface area contributed by atoms with Crippen molar-refractivity contribution in [3.63, 3.8) is 0 Å². The van der Waals surface area contributed by atoms with E-state index in [9.17, 15) is 24.3 Å². The van der Waals surface area contributed by atoms with Gasteiger partial charge in [0, 0.05) is 6.42 Å². The Bertz CT molecular complexity index is 1090. The van der Waals surface area contributed by atoms with Crippen LogP contribution in [0.4, 0.5) is 0 Å². The molecule has 11 heteroatoms. The summed E-state index contributed by atoms with van der Waals surface area (Å²) in [4.78, 5) is 51.5. The van der Waals surface area contributed by atoms with Crippen molar-refractivity contribution in [2.75, 3.05) is 13.1 Å². The van der Waals surface area contributed by atoms with Gasteiger partial charge in [0.2, 0.25) is 17.7 Å². The summed E-state index contributed by atoms with van der Waals surface area (Å²) in [6.45, 7) is 0.842. The molecule has 2 aromatic carbocycles. The highest BCUT2D eigenvalue weighted by Gasteiger charge is 2.30. The molecule has 3 amide bonds. The second-order valence-corrected chi connectivity index (χ2v) is 10.1. The van der Waals surface area contributed by atoms with Gasteiger partial charge in [-0.15, -0.1) is 0 Å². The van der Waals surface area contributed by atoms with Gasteiger partial charge in [0.05, 0.1) is 6.04 Å². The molecule has 41 heavy (non-hydrogen) atoms. The Hall–Kier alpha value is -3.80. The van der Waals surface area contributed by atoms with Crippen molar-refractivity contribution in [3.05, 3.63) is 71.8 Å². The summed E-state index contributed by atoms with van der Waals surface area (Å²) in [6.07, 6.45) is 3.30. The molecule has 0 spiro atoms. The molecule has 4 atom stereocenters. The molecule has 0 aliphatic rings. The summed E-state index contributed by atoms with van der Waals surface area (Å²) in [6, 6.07) is 14.3. The van der Waals surface area contributed by atoms with Crippen molar-refractivity contribution in [3.8, 4) is 0 Å². The first kappa shape index (κ1) is 33.4. The number of carboxylic acid groups (broad SMARTS) is 1. The van der Waals surface area contributed by atoms with Gasteiger partial charge in [-0.25, -0.2) is 4.79 Å². The number of benzene rings is 2. The maximum atomic E-state index is 13.5. The number of hydrogen-bond acceptors (Lipinski definition) is 7. The minimum absolute atomic E-state index is 0.130. The molecule has 11 nitrogen and oxygen atoms in total. The molecule has 10 N–H and O–H groups in total. The third-order valence-corrected chi connectivity index (χ3v) is 6.69. The lowest BCUT2D eigenvalue weighted by Gasteiger charge is -2.25. The summed E-state index contributed by atoms with van der Waals surface area (Å²) < 4.78 is 0. The number of carbonyl (C=O) groups excluding carboxylic acids is 3. The molecule has 0 aromatic heterocycles. The fraction of sp³-hybridized carbons (Fsp3) is 0.467. The number of hydrogen-bond donors (Lipinski definition) is 7. The second-order valence-electron chi connectivity index (χ2n) is 10.1. The Labute approximate surface area is 241 Å². The van der Waals surface area contributed by atoms with Gasteiger partial charge in [-0.3, -0.25) is 14.4 Å². The van der Waals surface area contributed by atoms with Crippen LogP contribution in [0.3, 0.4) is 0 Å². The first-order valence-electron chi connectivity index (χ1n) is 14.1. The molecule has 0 radical (unpaired) electrons. The van der Waals surface area contributed by atoms with Crippen LogP contribution in [0.1, 0.15) is 49.7 Å². The van der Waals surface area contributed by atoms with Crippen molar-refractivity contribution in [1.29, 1.82) is 0 Å². The summed E-state index contributed by atoms with van der Waals surface area (Å²) >= 11 is 0. The molecule has 0 saturated heterocycles. The average Bonchev–Trinajstić information content (AvgIpc) is 2.96. The van der Waals surface area contributed by atoms with Gasteiger partial charge in [0.1, 0.15) is 18.1 Å². The van der Waals surface area contributed by atoms with Crippen LogP contribution in [-0.2, 0) is 32.0 Å². The minimum Gasteiger partial charge on any atom is -0.480 e. The van der Waals surface area contributed by atoms with Gasteiger partial charge in [-0.05, 0) is 69.2 Å². The summed E-state index contributed by atoms with van der Waals surface area (Å²) in [5, 5.41) is 17.7. The number of nitrogens with one attached hydrogen (secondary N) is 3. The molecule has 0 fully saturated rings. The summed E-state index contributed by atoms with van der Waals surface area (Å²) in [5.74, 6) is -2.85. The number of amides is 3. The number of rotatable bonds is 19. The van der Waals surface area contributed by atoms with E-state index in [1.165, 1.54) is 0 Å². The Kier molecular flexibility index (Phi) is 15.1. The first-order chi connectivity index (χ1) is 19.7. The van der Waals surface area contributed by atoms with E-state index in [0.29, 0.717) is 51.6 Å². The zero-order valence-electron chi connectivity index (χ0n) is 23.5. The van der Waals surface area contributed by atoms with Crippen molar-refractivity contribution >= 4 is 23.7 Å². The third-order valence-electron chi connectivity index (χ3n) is 6.69. The van der Waals surface area contributed by atoms with Crippen LogP contribution in [0.2, 0.25) is 0 Å².